The van der Waals surface area contributed by atoms with E-state index in [0.717, 1.165) is 5.56 Å². The Morgan fingerprint density at radius 1 is 1.21 bits per heavy atom. The molecule has 14 heavy (non-hydrogen) atoms. The highest BCUT2D eigenvalue weighted by Crippen LogP contribution is 2.17. The van der Waals surface area contributed by atoms with Gasteiger partial charge in [-0.2, -0.15) is 0 Å². The normalized spacial score (nSPS) is 10.0. The smallest absolute Gasteiger partial charge is 0.258 e. The van der Waals surface area contributed by atoms with Gasteiger partial charge >= 0.3 is 0 Å². The minimum absolute atomic E-state index is 0.175. The fourth-order valence-corrected chi connectivity index (χ4v) is 1.19. The second-order valence-electron chi connectivity index (χ2n) is 2.84. The summed E-state index contributed by atoms with van der Waals surface area (Å²) in [6, 6.07) is 6.40. The van der Waals surface area contributed by atoms with Crippen LogP contribution in [-0.4, -0.2) is 15.1 Å². The standard InChI is InChI=1S/C10H8N2O2/c13-8-3-1-7(2-4-8)9-5-11-6-12-10(9)14/h1-6,13H,(H,11,12,14). The lowest BCUT2D eigenvalue weighted by Crippen LogP contribution is -2.08. The van der Waals surface area contributed by atoms with Gasteiger partial charge in [-0.25, -0.2) is 4.98 Å². The van der Waals surface area contributed by atoms with Gasteiger partial charge in [0.1, 0.15) is 5.75 Å². The van der Waals surface area contributed by atoms with Crippen LogP contribution in [0.4, 0.5) is 0 Å². The maximum absolute atomic E-state index is 11.3. The van der Waals surface area contributed by atoms with E-state index in [-0.39, 0.29) is 11.3 Å². The van der Waals surface area contributed by atoms with Gasteiger partial charge in [0.15, 0.2) is 0 Å². The third-order valence-corrected chi connectivity index (χ3v) is 1.90. The lowest BCUT2D eigenvalue weighted by atomic mass is 10.1. The highest BCUT2D eigenvalue weighted by molar-refractivity contribution is 5.61. The Bertz CT molecular complexity index is 488. The van der Waals surface area contributed by atoms with Gasteiger partial charge in [-0.05, 0) is 17.7 Å². The third-order valence-electron chi connectivity index (χ3n) is 1.90. The van der Waals surface area contributed by atoms with E-state index in [1.807, 2.05) is 0 Å². The summed E-state index contributed by atoms with van der Waals surface area (Å²) in [6.07, 6.45) is 2.83. The molecule has 0 atom stereocenters. The first-order chi connectivity index (χ1) is 6.77. The van der Waals surface area contributed by atoms with Crippen LogP contribution in [-0.2, 0) is 0 Å². The zero-order valence-electron chi connectivity index (χ0n) is 7.27. The molecule has 0 unspecified atom stereocenters. The molecule has 0 amide bonds. The number of hydrogen-bond donors (Lipinski definition) is 2. The minimum atomic E-state index is -0.189. The van der Waals surface area contributed by atoms with E-state index in [1.165, 1.54) is 24.7 Å². The molecule has 0 fully saturated rings. The van der Waals surface area contributed by atoms with E-state index >= 15 is 0 Å². The monoisotopic (exact) mass is 188 g/mol. The Morgan fingerprint density at radius 2 is 1.93 bits per heavy atom. The molecule has 0 bridgehead atoms. The molecule has 4 heteroatoms. The van der Waals surface area contributed by atoms with Crippen LogP contribution in [0.15, 0.2) is 41.6 Å². The zero-order valence-corrected chi connectivity index (χ0v) is 7.27. The van der Waals surface area contributed by atoms with Crippen molar-refractivity contribution >= 4 is 0 Å². The molecular formula is C10H8N2O2. The van der Waals surface area contributed by atoms with Crippen molar-refractivity contribution in [2.75, 3.05) is 0 Å². The van der Waals surface area contributed by atoms with Crippen molar-refractivity contribution < 1.29 is 5.11 Å². The second-order valence-corrected chi connectivity index (χ2v) is 2.84. The number of aromatic nitrogens is 2. The lowest BCUT2D eigenvalue weighted by Gasteiger charge is -1.98. The van der Waals surface area contributed by atoms with E-state index in [4.69, 9.17) is 5.11 Å². The molecule has 4 nitrogen and oxygen atoms in total. The Balaban J connectivity index is 2.56. The molecule has 2 N–H and O–H groups in total. The minimum Gasteiger partial charge on any atom is -0.508 e. The molecule has 0 aliphatic heterocycles. The SMILES string of the molecule is O=c1[nH]cncc1-c1ccc(O)cc1. The van der Waals surface area contributed by atoms with Crippen LogP contribution in [0.2, 0.25) is 0 Å². The van der Waals surface area contributed by atoms with Crippen LogP contribution >= 0.6 is 0 Å². The van der Waals surface area contributed by atoms with Crippen molar-refractivity contribution in [3.05, 3.63) is 47.1 Å². The third kappa shape index (κ3) is 1.50. The Labute approximate surface area is 79.9 Å². The number of benzene rings is 1. The molecule has 1 heterocycles. The zero-order chi connectivity index (χ0) is 9.97. The maximum atomic E-state index is 11.3. The summed E-state index contributed by atoms with van der Waals surface area (Å²) in [7, 11) is 0. The molecular weight excluding hydrogens is 180 g/mol. The Hall–Kier alpha value is -2.10. The van der Waals surface area contributed by atoms with Crippen LogP contribution in [0.5, 0.6) is 5.75 Å². The first-order valence-electron chi connectivity index (χ1n) is 4.09. The highest BCUT2D eigenvalue weighted by atomic mass is 16.3. The van der Waals surface area contributed by atoms with E-state index in [0.29, 0.717) is 5.56 Å². The van der Waals surface area contributed by atoms with Crippen LogP contribution in [0.1, 0.15) is 0 Å². The quantitative estimate of drug-likeness (QED) is 0.705. The highest BCUT2D eigenvalue weighted by Gasteiger charge is 2.01. The molecule has 70 valence electrons. The van der Waals surface area contributed by atoms with Gasteiger partial charge in [0.2, 0.25) is 0 Å². The number of nitrogens with zero attached hydrogens (tertiary/aromatic N) is 1. The summed E-state index contributed by atoms with van der Waals surface area (Å²) in [6.45, 7) is 0. The number of phenolic OH excluding ortho intramolecular Hbond substituents is 1. The summed E-state index contributed by atoms with van der Waals surface area (Å²) in [5.74, 6) is 0.175. The summed E-state index contributed by atoms with van der Waals surface area (Å²) in [5, 5.41) is 9.07. The molecule has 0 saturated carbocycles. The maximum Gasteiger partial charge on any atom is 0.258 e. The van der Waals surface area contributed by atoms with Crippen molar-refractivity contribution in [3.8, 4) is 16.9 Å². The average molecular weight is 188 g/mol. The number of hydrogen-bond acceptors (Lipinski definition) is 3. The predicted octanol–water partition coefficient (Wildman–Crippen LogP) is 1.14. The lowest BCUT2D eigenvalue weighted by molar-refractivity contribution is 0.475. The fraction of sp³-hybridized carbons (Fsp3) is 0. The molecule has 0 aliphatic carbocycles. The van der Waals surface area contributed by atoms with Gasteiger partial charge < -0.3 is 10.1 Å². The molecule has 2 rings (SSSR count). The first kappa shape index (κ1) is 8.50. The molecule has 2 aromatic rings. The van der Waals surface area contributed by atoms with Crippen LogP contribution < -0.4 is 5.56 Å². The topological polar surface area (TPSA) is 66.0 Å². The fourth-order valence-electron chi connectivity index (χ4n) is 1.19. The van der Waals surface area contributed by atoms with Gasteiger partial charge in [0.05, 0.1) is 11.9 Å². The van der Waals surface area contributed by atoms with Gasteiger partial charge in [0.25, 0.3) is 5.56 Å². The first-order valence-corrected chi connectivity index (χ1v) is 4.09. The number of nitrogens with one attached hydrogen (secondary N) is 1. The largest absolute Gasteiger partial charge is 0.508 e. The second kappa shape index (κ2) is 3.33. The molecule has 0 aliphatic rings. The Kier molecular flexibility index (Phi) is 2.02. The Morgan fingerprint density at radius 3 is 2.57 bits per heavy atom. The van der Waals surface area contributed by atoms with Crippen molar-refractivity contribution in [1.82, 2.24) is 9.97 Å². The predicted molar refractivity (Wildman–Crippen MR) is 52.0 cm³/mol. The number of aromatic amines is 1. The van der Waals surface area contributed by atoms with E-state index in [1.54, 1.807) is 12.1 Å². The van der Waals surface area contributed by atoms with Crippen molar-refractivity contribution in [2.45, 2.75) is 0 Å². The van der Waals surface area contributed by atoms with E-state index in [9.17, 15) is 4.79 Å². The van der Waals surface area contributed by atoms with Crippen LogP contribution in [0.3, 0.4) is 0 Å². The number of phenols is 1. The van der Waals surface area contributed by atoms with Crippen LogP contribution in [0, 0.1) is 0 Å². The molecule has 0 spiro atoms. The van der Waals surface area contributed by atoms with Crippen molar-refractivity contribution in [3.63, 3.8) is 0 Å². The molecule has 0 radical (unpaired) electrons. The molecule has 1 aromatic heterocycles. The van der Waals surface area contributed by atoms with Gasteiger partial charge in [0, 0.05) is 6.20 Å². The van der Waals surface area contributed by atoms with Gasteiger partial charge in [-0.15, -0.1) is 0 Å². The van der Waals surface area contributed by atoms with Crippen molar-refractivity contribution in [1.29, 1.82) is 0 Å². The number of H-pyrrole nitrogens is 1. The molecule has 1 aromatic carbocycles. The summed E-state index contributed by atoms with van der Waals surface area (Å²) >= 11 is 0. The van der Waals surface area contributed by atoms with Gasteiger partial charge in [-0.1, -0.05) is 12.1 Å². The summed E-state index contributed by atoms with van der Waals surface area (Å²) in [5.41, 5.74) is 1.04. The number of rotatable bonds is 1. The molecule has 0 saturated heterocycles. The number of aromatic hydroxyl groups is 1. The van der Waals surface area contributed by atoms with Gasteiger partial charge in [-0.3, -0.25) is 4.79 Å². The summed E-state index contributed by atoms with van der Waals surface area (Å²) in [4.78, 5) is 17.7. The van der Waals surface area contributed by atoms with Crippen molar-refractivity contribution in [2.24, 2.45) is 0 Å². The summed E-state index contributed by atoms with van der Waals surface area (Å²) < 4.78 is 0. The van der Waals surface area contributed by atoms with Crippen LogP contribution in [0.25, 0.3) is 11.1 Å². The van der Waals surface area contributed by atoms with E-state index < -0.39 is 0 Å². The van der Waals surface area contributed by atoms with E-state index in [2.05, 4.69) is 9.97 Å². The average Bonchev–Trinajstić information content (AvgIpc) is 2.20.